The molecule has 0 atom stereocenters. The standard InChI is InChI=1S/C32H20ClF3N6O5/c1-41-28(26-19(11-37)23(46-15-6-7-15)10-21(33)27(26)34)20(12-38-41)14-8-18-22(39-40-29(43)25(18)24(9-14)47-32(35)36)13-42-30(44)16-4-2-3-5-17(16)31(42)45/h2-5,8-10,12,15,32H,6-7,13H2,1H3,(H,40,43). The minimum Gasteiger partial charge on any atom is -0.489 e. The maximum Gasteiger partial charge on any atom is 0.387 e. The van der Waals surface area contributed by atoms with Crippen molar-refractivity contribution in [3.8, 4) is 40.0 Å². The molecule has 0 spiro atoms. The van der Waals surface area contributed by atoms with Gasteiger partial charge in [-0.25, -0.2) is 9.49 Å². The second-order valence-corrected chi connectivity index (χ2v) is 11.3. The van der Waals surface area contributed by atoms with Gasteiger partial charge in [0.25, 0.3) is 17.4 Å². The molecule has 2 amide bonds. The van der Waals surface area contributed by atoms with Gasteiger partial charge in [0.1, 0.15) is 23.1 Å². The van der Waals surface area contributed by atoms with Crippen LogP contribution in [-0.2, 0) is 13.6 Å². The van der Waals surface area contributed by atoms with Crippen LogP contribution in [0.2, 0.25) is 5.02 Å². The number of benzene rings is 3. The second kappa shape index (κ2) is 11.3. The molecule has 0 bridgehead atoms. The van der Waals surface area contributed by atoms with Crippen LogP contribution in [0.4, 0.5) is 13.2 Å². The van der Waals surface area contributed by atoms with Crippen LogP contribution in [-0.4, -0.2) is 49.4 Å². The molecule has 2 aromatic heterocycles. The molecule has 2 aliphatic rings. The predicted molar refractivity (Wildman–Crippen MR) is 161 cm³/mol. The number of aryl methyl sites for hydroxylation is 1. The minimum absolute atomic E-state index is 0.0210. The number of fused-ring (bicyclic) bond motifs is 2. The normalized spacial score (nSPS) is 14.2. The number of aromatic nitrogens is 4. The Hall–Kier alpha value is -5.68. The summed E-state index contributed by atoms with van der Waals surface area (Å²) >= 11 is 6.25. The van der Waals surface area contributed by atoms with Crippen molar-refractivity contribution in [3.05, 3.63) is 92.2 Å². The van der Waals surface area contributed by atoms with Gasteiger partial charge in [-0.15, -0.1) is 0 Å². The SMILES string of the molecule is Cn1ncc(-c2cc(OC(F)F)c3c(=O)[nH]nc(CN4C(=O)c5ccccc5C4=O)c3c2)c1-c1c(F)c(Cl)cc(OC2CC2)c1C#N. The molecular formula is C32H20ClF3N6O5. The average molecular weight is 661 g/mol. The molecule has 3 heterocycles. The van der Waals surface area contributed by atoms with Crippen LogP contribution in [0, 0.1) is 17.1 Å². The summed E-state index contributed by atoms with van der Waals surface area (Å²) in [5.41, 5.74) is -0.636. The molecule has 47 heavy (non-hydrogen) atoms. The van der Waals surface area contributed by atoms with E-state index in [2.05, 4.69) is 15.3 Å². The van der Waals surface area contributed by atoms with Crippen molar-refractivity contribution in [2.75, 3.05) is 0 Å². The Kier molecular flexibility index (Phi) is 7.20. The van der Waals surface area contributed by atoms with Crippen molar-refractivity contribution in [1.29, 1.82) is 5.26 Å². The molecule has 5 aromatic rings. The lowest BCUT2D eigenvalue weighted by Gasteiger charge is -2.17. The molecule has 1 saturated carbocycles. The van der Waals surface area contributed by atoms with Crippen LogP contribution >= 0.6 is 11.6 Å². The summed E-state index contributed by atoms with van der Waals surface area (Å²) in [6.07, 6.45) is 2.68. The fourth-order valence-corrected chi connectivity index (χ4v) is 5.84. The van der Waals surface area contributed by atoms with E-state index in [1.54, 1.807) is 12.1 Å². The number of amides is 2. The second-order valence-electron chi connectivity index (χ2n) is 10.9. The van der Waals surface area contributed by atoms with E-state index in [4.69, 9.17) is 21.1 Å². The molecule has 15 heteroatoms. The van der Waals surface area contributed by atoms with Gasteiger partial charge in [0.15, 0.2) is 5.82 Å². The lowest BCUT2D eigenvalue weighted by molar-refractivity contribution is -0.0488. The first-order valence-corrected chi connectivity index (χ1v) is 14.5. The van der Waals surface area contributed by atoms with Crippen molar-refractivity contribution in [2.24, 2.45) is 7.05 Å². The number of nitrogens with zero attached hydrogens (tertiary/aromatic N) is 5. The molecular weight excluding hydrogens is 641 g/mol. The van der Waals surface area contributed by atoms with E-state index in [0.29, 0.717) is 0 Å². The zero-order valence-electron chi connectivity index (χ0n) is 24.2. The first-order valence-electron chi connectivity index (χ1n) is 14.1. The summed E-state index contributed by atoms with van der Waals surface area (Å²) in [5, 5.41) is 20.0. The number of ether oxygens (including phenoxy) is 2. The van der Waals surface area contributed by atoms with Crippen molar-refractivity contribution in [3.63, 3.8) is 0 Å². The quantitative estimate of drug-likeness (QED) is 0.212. The maximum absolute atomic E-state index is 15.8. The topological polar surface area (TPSA) is 143 Å². The first kappa shape index (κ1) is 30.0. The number of imide groups is 1. The molecule has 0 unspecified atom stereocenters. The van der Waals surface area contributed by atoms with Gasteiger partial charge in [-0.3, -0.25) is 24.0 Å². The summed E-state index contributed by atoms with van der Waals surface area (Å²) < 4.78 is 55.2. The van der Waals surface area contributed by atoms with Crippen molar-refractivity contribution in [1.82, 2.24) is 24.9 Å². The van der Waals surface area contributed by atoms with E-state index in [-0.39, 0.29) is 72.4 Å². The molecule has 236 valence electrons. The zero-order valence-corrected chi connectivity index (χ0v) is 24.9. The summed E-state index contributed by atoms with van der Waals surface area (Å²) in [4.78, 5) is 40.2. The number of hydrogen-bond donors (Lipinski definition) is 1. The van der Waals surface area contributed by atoms with Gasteiger partial charge in [0.05, 0.1) is 57.3 Å². The molecule has 1 aliphatic carbocycles. The van der Waals surface area contributed by atoms with E-state index in [9.17, 15) is 28.4 Å². The van der Waals surface area contributed by atoms with E-state index in [1.807, 2.05) is 6.07 Å². The predicted octanol–water partition coefficient (Wildman–Crippen LogP) is 5.59. The highest BCUT2D eigenvalue weighted by Gasteiger charge is 2.36. The third-order valence-electron chi connectivity index (χ3n) is 7.93. The van der Waals surface area contributed by atoms with E-state index >= 15 is 4.39 Å². The number of nitriles is 1. The van der Waals surface area contributed by atoms with E-state index in [1.165, 1.54) is 42.2 Å². The monoisotopic (exact) mass is 660 g/mol. The lowest BCUT2D eigenvalue weighted by Crippen LogP contribution is -2.30. The van der Waals surface area contributed by atoms with Gasteiger partial charge in [-0.2, -0.15) is 24.2 Å². The summed E-state index contributed by atoms with van der Waals surface area (Å²) in [6, 6.07) is 12.0. The zero-order chi connectivity index (χ0) is 33.1. The van der Waals surface area contributed by atoms with Gasteiger partial charge < -0.3 is 9.47 Å². The van der Waals surface area contributed by atoms with Gasteiger partial charge in [-0.1, -0.05) is 23.7 Å². The Balaban J connectivity index is 1.43. The molecule has 0 radical (unpaired) electrons. The Labute approximate surface area is 267 Å². The minimum atomic E-state index is -3.35. The average Bonchev–Trinajstić information content (AvgIpc) is 3.74. The van der Waals surface area contributed by atoms with Crippen LogP contribution in [0.3, 0.4) is 0 Å². The van der Waals surface area contributed by atoms with Crippen LogP contribution in [0.1, 0.15) is 44.8 Å². The number of H-pyrrole nitrogens is 1. The molecule has 1 N–H and O–H groups in total. The summed E-state index contributed by atoms with van der Waals surface area (Å²) in [6.45, 7) is -3.78. The van der Waals surface area contributed by atoms with Crippen LogP contribution < -0.4 is 15.0 Å². The van der Waals surface area contributed by atoms with Crippen molar-refractivity contribution >= 4 is 34.2 Å². The highest BCUT2D eigenvalue weighted by atomic mass is 35.5. The largest absolute Gasteiger partial charge is 0.489 e. The molecule has 0 saturated heterocycles. The third kappa shape index (κ3) is 5.05. The van der Waals surface area contributed by atoms with Gasteiger partial charge in [0, 0.05) is 24.1 Å². The Morgan fingerprint density at radius 1 is 1.09 bits per heavy atom. The van der Waals surface area contributed by atoms with Gasteiger partial charge in [0.2, 0.25) is 0 Å². The first-order chi connectivity index (χ1) is 22.6. The molecule has 1 fully saturated rings. The van der Waals surface area contributed by atoms with Crippen LogP contribution in [0.5, 0.6) is 11.5 Å². The van der Waals surface area contributed by atoms with Gasteiger partial charge in [-0.05, 0) is 42.7 Å². The van der Waals surface area contributed by atoms with Crippen molar-refractivity contribution < 1.29 is 32.2 Å². The fraction of sp³-hybridized carbons (Fsp3) is 0.188. The smallest absolute Gasteiger partial charge is 0.387 e. The fourth-order valence-electron chi connectivity index (χ4n) is 5.65. The highest BCUT2D eigenvalue weighted by Crippen LogP contribution is 2.44. The Morgan fingerprint density at radius 3 is 2.43 bits per heavy atom. The number of nitrogens with one attached hydrogen (secondary N) is 1. The molecule has 7 rings (SSSR count). The van der Waals surface area contributed by atoms with Crippen LogP contribution in [0.15, 0.2) is 53.5 Å². The number of hydrogen-bond acceptors (Lipinski definition) is 8. The van der Waals surface area contributed by atoms with Crippen molar-refractivity contribution in [2.45, 2.75) is 32.1 Å². The Morgan fingerprint density at radius 2 is 1.79 bits per heavy atom. The number of carbonyl (C=O) groups is 2. The molecule has 3 aromatic carbocycles. The van der Waals surface area contributed by atoms with Gasteiger partial charge >= 0.3 is 6.61 Å². The molecule has 11 nitrogen and oxygen atoms in total. The van der Waals surface area contributed by atoms with E-state index in [0.717, 1.165) is 23.8 Å². The molecule has 1 aliphatic heterocycles. The number of rotatable bonds is 8. The number of aromatic amines is 1. The summed E-state index contributed by atoms with van der Waals surface area (Å²) in [5.74, 6) is -2.63. The number of carbonyl (C=O) groups excluding carboxylic acids is 2. The number of halogens is 4. The lowest BCUT2D eigenvalue weighted by atomic mass is 9.95. The Bertz CT molecular complexity index is 2220. The number of alkyl halides is 2. The van der Waals surface area contributed by atoms with E-state index < -0.39 is 42.1 Å². The third-order valence-corrected chi connectivity index (χ3v) is 8.21. The highest BCUT2D eigenvalue weighted by molar-refractivity contribution is 6.31. The summed E-state index contributed by atoms with van der Waals surface area (Å²) in [7, 11) is 1.49. The van der Waals surface area contributed by atoms with Crippen LogP contribution in [0.25, 0.3) is 33.2 Å². The maximum atomic E-state index is 15.8.